The summed E-state index contributed by atoms with van der Waals surface area (Å²) in [7, 11) is 4.66. The molecule has 0 bridgehead atoms. The number of amides is 1. The van der Waals surface area contributed by atoms with Gasteiger partial charge in [-0.1, -0.05) is 0 Å². The molecule has 0 aliphatic rings. The molecule has 0 fully saturated rings. The number of ether oxygens (including phenoxy) is 3. The summed E-state index contributed by atoms with van der Waals surface area (Å²) >= 11 is 0. The zero-order chi connectivity index (χ0) is 19.8. The number of benzene rings is 1. The summed E-state index contributed by atoms with van der Waals surface area (Å²) in [6.45, 7) is 2.65. The Kier molecular flexibility index (Phi) is 7.36. The van der Waals surface area contributed by atoms with E-state index in [4.69, 9.17) is 14.2 Å². The van der Waals surface area contributed by atoms with E-state index in [1.807, 2.05) is 12.1 Å². The fraction of sp³-hybridized carbons (Fsp3) is 0.421. The number of rotatable bonds is 9. The van der Waals surface area contributed by atoms with Crippen molar-refractivity contribution in [2.45, 2.75) is 19.4 Å². The number of hydrogen-bond donors (Lipinski definition) is 1. The van der Waals surface area contributed by atoms with Crippen LogP contribution in [0.2, 0.25) is 0 Å². The van der Waals surface area contributed by atoms with Crippen LogP contribution in [-0.4, -0.2) is 50.2 Å². The fourth-order valence-corrected chi connectivity index (χ4v) is 2.52. The lowest BCUT2D eigenvalue weighted by Gasteiger charge is -2.16. The third kappa shape index (κ3) is 5.07. The van der Waals surface area contributed by atoms with Crippen LogP contribution in [0.1, 0.15) is 19.4 Å². The van der Waals surface area contributed by atoms with Gasteiger partial charge in [-0.05, 0) is 37.6 Å². The van der Waals surface area contributed by atoms with Gasteiger partial charge >= 0.3 is 0 Å². The van der Waals surface area contributed by atoms with Gasteiger partial charge in [0.2, 0.25) is 5.91 Å². The maximum atomic E-state index is 12.4. The Morgan fingerprint density at radius 2 is 1.89 bits per heavy atom. The van der Waals surface area contributed by atoms with Crippen molar-refractivity contribution in [1.82, 2.24) is 15.1 Å². The van der Waals surface area contributed by atoms with E-state index in [9.17, 15) is 9.59 Å². The van der Waals surface area contributed by atoms with E-state index in [2.05, 4.69) is 10.4 Å². The highest BCUT2D eigenvalue weighted by atomic mass is 16.5. The number of hydrogen-bond acceptors (Lipinski definition) is 6. The Hall–Kier alpha value is -2.87. The maximum Gasteiger partial charge on any atom is 0.271 e. The van der Waals surface area contributed by atoms with Gasteiger partial charge in [0.05, 0.1) is 14.2 Å². The van der Waals surface area contributed by atoms with Crippen LogP contribution in [0.5, 0.6) is 11.5 Å². The SMILES string of the molecule is COCCCNC(=O)C(C)n1nc(-c2ccc(OC)cc2)c(OC)cc1=O. The first-order chi connectivity index (χ1) is 13.0. The highest BCUT2D eigenvalue weighted by Crippen LogP contribution is 2.28. The van der Waals surface area contributed by atoms with E-state index in [0.29, 0.717) is 36.8 Å². The molecule has 8 heteroatoms. The topological polar surface area (TPSA) is 91.7 Å². The smallest absolute Gasteiger partial charge is 0.271 e. The molecule has 146 valence electrons. The number of carbonyl (C=O) groups is 1. The van der Waals surface area contributed by atoms with E-state index >= 15 is 0 Å². The minimum atomic E-state index is -0.761. The van der Waals surface area contributed by atoms with Crippen molar-refractivity contribution < 1.29 is 19.0 Å². The molecule has 0 aliphatic heterocycles. The molecule has 1 unspecified atom stereocenters. The Morgan fingerprint density at radius 3 is 2.48 bits per heavy atom. The van der Waals surface area contributed by atoms with Crippen LogP contribution < -0.4 is 20.3 Å². The van der Waals surface area contributed by atoms with Gasteiger partial charge in [-0.3, -0.25) is 9.59 Å². The Morgan fingerprint density at radius 1 is 1.19 bits per heavy atom. The minimum absolute atomic E-state index is 0.286. The summed E-state index contributed by atoms with van der Waals surface area (Å²) in [4.78, 5) is 24.8. The maximum absolute atomic E-state index is 12.4. The molecule has 2 rings (SSSR count). The summed E-state index contributed by atoms with van der Waals surface area (Å²) < 4.78 is 16.6. The van der Waals surface area contributed by atoms with Gasteiger partial charge in [-0.15, -0.1) is 0 Å². The predicted octanol–water partition coefficient (Wildman–Crippen LogP) is 1.64. The summed E-state index contributed by atoms with van der Waals surface area (Å²) in [5.41, 5.74) is 0.802. The Balaban J connectivity index is 2.31. The third-order valence-corrected chi connectivity index (χ3v) is 4.08. The van der Waals surface area contributed by atoms with Gasteiger partial charge < -0.3 is 19.5 Å². The standard InChI is InChI=1S/C19H25N3O5/c1-13(19(24)20-10-5-11-25-2)22-17(23)12-16(27-4)18(21-22)14-6-8-15(26-3)9-7-14/h6-9,12-13H,5,10-11H2,1-4H3,(H,20,24). The van der Waals surface area contributed by atoms with Crippen molar-refractivity contribution in [2.24, 2.45) is 0 Å². The van der Waals surface area contributed by atoms with Crippen LogP contribution in [0.3, 0.4) is 0 Å². The van der Waals surface area contributed by atoms with E-state index in [1.165, 1.54) is 13.2 Å². The molecule has 1 N–H and O–H groups in total. The molecule has 1 aromatic heterocycles. The number of aromatic nitrogens is 2. The molecule has 2 aromatic rings. The second-order valence-corrected chi connectivity index (χ2v) is 5.89. The summed E-state index contributed by atoms with van der Waals surface area (Å²) in [6.07, 6.45) is 0.691. The second-order valence-electron chi connectivity index (χ2n) is 5.89. The van der Waals surface area contributed by atoms with Gasteiger partial charge in [0.15, 0.2) is 5.75 Å². The first kappa shape index (κ1) is 20.4. The molecule has 0 saturated heterocycles. The molecule has 0 spiro atoms. The van der Waals surface area contributed by atoms with Crippen LogP contribution in [0, 0.1) is 0 Å². The van der Waals surface area contributed by atoms with Gasteiger partial charge in [-0.2, -0.15) is 5.10 Å². The molecule has 1 heterocycles. The zero-order valence-electron chi connectivity index (χ0n) is 16.0. The van der Waals surface area contributed by atoms with Crippen molar-refractivity contribution in [3.8, 4) is 22.8 Å². The van der Waals surface area contributed by atoms with Crippen molar-refractivity contribution >= 4 is 5.91 Å². The van der Waals surface area contributed by atoms with E-state index in [1.54, 1.807) is 33.3 Å². The molecule has 1 atom stereocenters. The van der Waals surface area contributed by atoms with Crippen LogP contribution in [0.4, 0.5) is 0 Å². The largest absolute Gasteiger partial charge is 0.497 e. The van der Waals surface area contributed by atoms with Gasteiger partial charge in [-0.25, -0.2) is 4.68 Å². The van der Waals surface area contributed by atoms with E-state index in [0.717, 1.165) is 10.2 Å². The van der Waals surface area contributed by atoms with Gasteiger partial charge in [0, 0.05) is 31.9 Å². The fourth-order valence-electron chi connectivity index (χ4n) is 2.52. The monoisotopic (exact) mass is 375 g/mol. The number of methoxy groups -OCH3 is 3. The zero-order valence-corrected chi connectivity index (χ0v) is 16.0. The molecule has 0 aliphatic carbocycles. The van der Waals surface area contributed by atoms with Gasteiger partial charge in [0.25, 0.3) is 5.56 Å². The second kappa shape index (κ2) is 9.72. The van der Waals surface area contributed by atoms with E-state index in [-0.39, 0.29) is 5.91 Å². The Bertz CT molecular complexity index is 817. The molecular weight excluding hydrogens is 350 g/mol. The highest BCUT2D eigenvalue weighted by Gasteiger charge is 2.20. The number of carbonyl (C=O) groups excluding carboxylic acids is 1. The minimum Gasteiger partial charge on any atom is -0.497 e. The highest BCUT2D eigenvalue weighted by molar-refractivity contribution is 5.79. The normalized spacial score (nSPS) is 11.7. The molecule has 1 aromatic carbocycles. The predicted molar refractivity (Wildman–Crippen MR) is 101 cm³/mol. The van der Waals surface area contributed by atoms with Crippen LogP contribution in [-0.2, 0) is 9.53 Å². The molecular formula is C19H25N3O5. The average Bonchev–Trinajstić information content (AvgIpc) is 2.70. The average molecular weight is 375 g/mol. The third-order valence-electron chi connectivity index (χ3n) is 4.08. The summed E-state index contributed by atoms with van der Waals surface area (Å²) in [5.74, 6) is 0.760. The first-order valence-electron chi connectivity index (χ1n) is 8.60. The molecule has 1 amide bonds. The lowest BCUT2D eigenvalue weighted by atomic mass is 10.1. The molecule has 0 radical (unpaired) electrons. The lowest BCUT2D eigenvalue weighted by Crippen LogP contribution is -2.37. The van der Waals surface area contributed by atoms with Crippen LogP contribution >= 0.6 is 0 Å². The van der Waals surface area contributed by atoms with Crippen LogP contribution in [0.15, 0.2) is 35.1 Å². The van der Waals surface area contributed by atoms with Crippen molar-refractivity contribution in [3.05, 3.63) is 40.7 Å². The van der Waals surface area contributed by atoms with Crippen LogP contribution in [0.25, 0.3) is 11.3 Å². The number of nitrogens with zero attached hydrogens (tertiary/aromatic N) is 2. The Labute approximate surface area is 158 Å². The number of nitrogens with one attached hydrogen (secondary N) is 1. The van der Waals surface area contributed by atoms with Crippen molar-refractivity contribution in [2.75, 3.05) is 34.5 Å². The van der Waals surface area contributed by atoms with Crippen molar-refractivity contribution in [3.63, 3.8) is 0 Å². The summed E-state index contributed by atoms with van der Waals surface area (Å²) in [6, 6.07) is 7.78. The molecule has 0 saturated carbocycles. The lowest BCUT2D eigenvalue weighted by molar-refractivity contribution is -0.124. The molecule has 27 heavy (non-hydrogen) atoms. The van der Waals surface area contributed by atoms with Gasteiger partial charge in [0.1, 0.15) is 17.5 Å². The summed E-state index contributed by atoms with van der Waals surface area (Å²) in [5, 5.41) is 7.17. The van der Waals surface area contributed by atoms with Crippen molar-refractivity contribution in [1.29, 1.82) is 0 Å². The van der Waals surface area contributed by atoms with E-state index < -0.39 is 11.6 Å². The first-order valence-corrected chi connectivity index (χ1v) is 8.60. The molecule has 8 nitrogen and oxygen atoms in total. The quantitative estimate of drug-likeness (QED) is 0.670.